The summed E-state index contributed by atoms with van der Waals surface area (Å²) < 4.78 is 25.3. The predicted octanol–water partition coefficient (Wildman–Crippen LogP) is 2.12. The van der Waals surface area contributed by atoms with Crippen molar-refractivity contribution < 1.29 is 8.78 Å². The molecule has 0 N–H and O–H groups in total. The molecule has 2 nitrogen and oxygen atoms in total. The molecule has 1 fully saturated rings. The van der Waals surface area contributed by atoms with Gasteiger partial charge in [0.15, 0.2) is 0 Å². The number of likely N-dealkylation sites (tertiary alicyclic amines) is 1. The number of rotatable bonds is 3. The number of hydrogen-bond donors (Lipinski definition) is 0. The lowest BCUT2D eigenvalue weighted by atomic mass is 9.72. The zero-order chi connectivity index (χ0) is 11.0. The van der Waals surface area contributed by atoms with Gasteiger partial charge in [-0.25, -0.2) is 8.78 Å². The summed E-state index contributed by atoms with van der Waals surface area (Å²) in [5.41, 5.74) is -0.398. The average molecular weight is 202 g/mol. The minimum atomic E-state index is -2.65. The Hall–Kier alpha value is -0.690. The summed E-state index contributed by atoms with van der Waals surface area (Å²) >= 11 is 0. The number of halogens is 2. The van der Waals surface area contributed by atoms with Crippen LogP contribution in [0.1, 0.15) is 20.8 Å². The lowest BCUT2D eigenvalue weighted by molar-refractivity contribution is -0.0739. The highest BCUT2D eigenvalue weighted by atomic mass is 19.3. The van der Waals surface area contributed by atoms with Crippen molar-refractivity contribution in [3.05, 3.63) is 0 Å². The highest BCUT2D eigenvalue weighted by molar-refractivity contribution is 5.11. The second-order valence-corrected chi connectivity index (χ2v) is 4.64. The molecule has 0 amide bonds. The summed E-state index contributed by atoms with van der Waals surface area (Å²) in [7, 11) is 0. The van der Waals surface area contributed by atoms with E-state index in [9.17, 15) is 8.78 Å². The molecule has 0 aromatic rings. The Kier molecular flexibility index (Phi) is 2.82. The van der Waals surface area contributed by atoms with Crippen molar-refractivity contribution in [3.63, 3.8) is 0 Å². The van der Waals surface area contributed by atoms with E-state index in [1.54, 1.807) is 4.90 Å². The van der Waals surface area contributed by atoms with E-state index in [4.69, 9.17) is 5.26 Å². The highest BCUT2D eigenvalue weighted by Crippen LogP contribution is 2.38. The van der Waals surface area contributed by atoms with Crippen molar-refractivity contribution in [2.24, 2.45) is 11.3 Å². The van der Waals surface area contributed by atoms with Gasteiger partial charge in [-0.3, -0.25) is 4.90 Å². The van der Waals surface area contributed by atoms with Crippen LogP contribution in [0.2, 0.25) is 0 Å². The molecule has 4 heteroatoms. The van der Waals surface area contributed by atoms with E-state index in [1.165, 1.54) is 0 Å². The first-order chi connectivity index (χ1) is 6.29. The van der Waals surface area contributed by atoms with Crippen LogP contribution in [0.4, 0.5) is 8.78 Å². The Morgan fingerprint density at radius 2 is 2.00 bits per heavy atom. The fourth-order valence-corrected chi connectivity index (χ4v) is 1.82. The minimum Gasteiger partial charge on any atom is -0.294 e. The van der Waals surface area contributed by atoms with Gasteiger partial charge in [-0.1, -0.05) is 13.8 Å². The van der Waals surface area contributed by atoms with Crippen LogP contribution in [0.3, 0.4) is 0 Å². The Bertz CT molecular complexity index is 244. The second kappa shape index (κ2) is 3.47. The Balaban J connectivity index is 2.47. The molecule has 80 valence electrons. The fourth-order valence-electron chi connectivity index (χ4n) is 1.82. The van der Waals surface area contributed by atoms with Crippen LogP contribution in [0.25, 0.3) is 0 Å². The molecule has 1 saturated heterocycles. The predicted molar refractivity (Wildman–Crippen MR) is 49.9 cm³/mol. The van der Waals surface area contributed by atoms with E-state index in [0.29, 0.717) is 13.1 Å². The third-order valence-electron chi connectivity index (χ3n) is 2.84. The molecule has 0 aromatic carbocycles. The van der Waals surface area contributed by atoms with E-state index in [-0.39, 0.29) is 12.5 Å². The largest absolute Gasteiger partial charge is 0.294 e. The maximum atomic E-state index is 12.6. The summed E-state index contributed by atoms with van der Waals surface area (Å²) in [6.45, 7) is 5.56. The van der Waals surface area contributed by atoms with E-state index in [2.05, 4.69) is 6.07 Å². The van der Waals surface area contributed by atoms with Gasteiger partial charge in [0.25, 0.3) is 5.92 Å². The lowest BCUT2D eigenvalue weighted by Gasteiger charge is -2.48. The van der Waals surface area contributed by atoms with Crippen molar-refractivity contribution in [1.29, 1.82) is 5.26 Å². The quantitative estimate of drug-likeness (QED) is 0.701. The van der Waals surface area contributed by atoms with Crippen molar-refractivity contribution in [3.8, 4) is 6.07 Å². The minimum absolute atomic E-state index is 0.231. The standard InChI is InChI=1S/C10H16F2N2/c1-8(2)10(4-13)6-14(7-10)5-9(3,11)12/h8H,5-7H2,1-3H3. The van der Waals surface area contributed by atoms with E-state index in [0.717, 1.165) is 6.92 Å². The molecule has 0 radical (unpaired) electrons. The average Bonchev–Trinajstić information content (AvgIpc) is 1.92. The van der Waals surface area contributed by atoms with Crippen molar-refractivity contribution >= 4 is 0 Å². The molecule has 1 aliphatic heterocycles. The molecule has 0 bridgehead atoms. The summed E-state index contributed by atoms with van der Waals surface area (Å²) in [4.78, 5) is 1.64. The van der Waals surface area contributed by atoms with Crippen LogP contribution < -0.4 is 0 Å². The molecule has 1 rings (SSSR count). The first-order valence-electron chi connectivity index (χ1n) is 4.80. The maximum absolute atomic E-state index is 12.6. The van der Waals surface area contributed by atoms with Gasteiger partial charge in [-0.2, -0.15) is 5.26 Å². The van der Waals surface area contributed by atoms with Gasteiger partial charge < -0.3 is 0 Å². The third-order valence-corrected chi connectivity index (χ3v) is 2.84. The number of nitriles is 1. The lowest BCUT2D eigenvalue weighted by Crippen LogP contribution is -2.60. The van der Waals surface area contributed by atoms with E-state index in [1.807, 2.05) is 13.8 Å². The van der Waals surface area contributed by atoms with Crippen LogP contribution in [0.15, 0.2) is 0 Å². The molecule has 0 aromatic heterocycles. The Morgan fingerprint density at radius 3 is 2.29 bits per heavy atom. The number of alkyl halides is 2. The number of hydrogen-bond acceptors (Lipinski definition) is 2. The Labute approximate surface area is 83.5 Å². The molecule has 0 unspecified atom stereocenters. The zero-order valence-electron chi connectivity index (χ0n) is 8.85. The third kappa shape index (κ3) is 2.21. The van der Waals surface area contributed by atoms with Crippen LogP contribution >= 0.6 is 0 Å². The normalized spacial score (nSPS) is 21.8. The monoisotopic (exact) mass is 202 g/mol. The first-order valence-corrected chi connectivity index (χ1v) is 4.80. The molecule has 0 atom stereocenters. The summed E-state index contributed by atoms with van der Waals surface area (Å²) in [5, 5.41) is 8.96. The SMILES string of the molecule is CC(C)C1(C#N)CN(CC(C)(F)F)C1. The van der Waals surface area contributed by atoms with Gasteiger partial charge in [0.2, 0.25) is 0 Å². The molecule has 14 heavy (non-hydrogen) atoms. The van der Waals surface area contributed by atoms with Gasteiger partial charge in [0.1, 0.15) is 0 Å². The van der Waals surface area contributed by atoms with E-state index >= 15 is 0 Å². The van der Waals surface area contributed by atoms with Crippen molar-refractivity contribution in [2.45, 2.75) is 26.7 Å². The summed E-state index contributed by atoms with van der Waals surface area (Å²) in [6.07, 6.45) is 0. The van der Waals surface area contributed by atoms with E-state index < -0.39 is 11.3 Å². The van der Waals surface area contributed by atoms with Gasteiger partial charge >= 0.3 is 0 Å². The van der Waals surface area contributed by atoms with Crippen LogP contribution in [-0.4, -0.2) is 30.5 Å². The summed E-state index contributed by atoms with van der Waals surface area (Å²) in [6, 6.07) is 2.24. The molecule has 0 aliphatic carbocycles. The first kappa shape index (κ1) is 11.4. The number of nitrogens with zero attached hydrogens (tertiary/aromatic N) is 2. The highest BCUT2D eigenvalue weighted by Gasteiger charge is 2.47. The van der Waals surface area contributed by atoms with Gasteiger partial charge in [0.05, 0.1) is 18.0 Å². The second-order valence-electron chi connectivity index (χ2n) is 4.64. The molecular formula is C10H16F2N2. The van der Waals surface area contributed by atoms with Crippen LogP contribution in [0.5, 0.6) is 0 Å². The molecule has 0 saturated carbocycles. The van der Waals surface area contributed by atoms with Gasteiger partial charge in [0, 0.05) is 20.0 Å². The Morgan fingerprint density at radius 1 is 1.50 bits per heavy atom. The summed E-state index contributed by atoms with van der Waals surface area (Å²) in [5.74, 6) is -2.42. The zero-order valence-corrected chi connectivity index (χ0v) is 8.85. The van der Waals surface area contributed by atoms with Gasteiger partial charge in [-0.05, 0) is 5.92 Å². The van der Waals surface area contributed by atoms with Crippen LogP contribution in [0, 0.1) is 22.7 Å². The fraction of sp³-hybridized carbons (Fsp3) is 0.900. The topological polar surface area (TPSA) is 27.0 Å². The molecular weight excluding hydrogens is 186 g/mol. The molecule has 0 spiro atoms. The van der Waals surface area contributed by atoms with Crippen molar-refractivity contribution in [2.75, 3.05) is 19.6 Å². The smallest absolute Gasteiger partial charge is 0.257 e. The van der Waals surface area contributed by atoms with Crippen molar-refractivity contribution in [1.82, 2.24) is 4.90 Å². The molecule has 1 heterocycles. The van der Waals surface area contributed by atoms with Crippen LogP contribution in [-0.2, 0) is 0 Å². The van der Waals surface area contributed by atoms with Gasteiger partial charge in [-0.15, -0.1) is 0 Å². The maximum Gasteiger partial charge on any atom is 0.257 e. The molecule has 1 aliphatic rings.